The highest BCUT2D eigenvalue weighted by Gasteiger charge is 2.34. The Morgan fingerprint density at radius 3 is 2.30 bits per heavy atom. The van der Waals surface area contributed by atoms with Crippen molar-refractivity contribution in [1.82, 2.24) is 0 Å². The van der Waals surface area contributed by atoms with E-state index in [1.165, 1.54) is 56.9 Å². The van der Waals surface area contributed by atoms with Gasteiger partial charge in [-0.2, -0.15) is 0 Å². The molecular formula is C35H50F2. The lowest BCUT2D eigenvalue weighted by molar-refractivity contribution is 0.205. The summed E-state index contributed by atoms with van der Waals surface area (Å²) in [5.74, 6) is 1.92. The number of rotatable bonds is 11. The van der Waals surface area contributed by atoms with Gasteiger partial charge in [0.15, 0.2) is 0 Å². The molecule has 0 spiro atoms. The summed E-state index contributed by atoms with van der Waals surface area (Å²) in [7, 11) is 0. The van der Waals surface area contributed by atoms with Gasteiger partial charge in [-0.1, -0.05) is 83.6 Å². The summed E-state index contributed by atoms with van der Waals surface area (Å²) in [6.07, 6.45) is 23.2. The Morgan fingerprint density at radius 1 is 0.892 bits per heavy atom. The summed E-state index contributed by atoms with van der Waals surface area (Å²) in [4.78, 5) is 0. The van der Waals surface area contributed by atoms with Crippen molar-refractivity contribution in [3.05, 3.63) is 64.5 Å². The van der Waals surface area contributed by atoms with E-state index in [9.17, 15) is 0 Å². The summed E-state index contributed by atoms with van der Waals surface area (Å²) >= 11 is 0. The average Bonchev–Trinajstić information content (AvgIpc) is 2.90. The van der Waals surface area contributed by atoms with E-state index in [2.05, 4.69) is 32.9 Å². The van der Waals surface area contributed by atoms with Crippen LogP contribution in [-0.4, -0.2) is 5.67 Å². The molecule has 37 heavy (non-hydrogen) atoms. The standard InChI is InChI=1S/C35H50F2/c1-4-7-8-22-35(37)23-21-31(33(25-35)29-17-13-27(10-6-3)14-18-29)32-20-19-30(24-34(32)36)28-15-11-26(9-5-2)12-16-28/h17,19-21,23-24,26-28H,4-16,18,22,25H2,1-3H3. The monoisotopic (exact) mass is 508 g/mol. The number of alkyl halides is 1. The van der Waals surface area contributed by atoms with Gasteiger partial charge in [-0.15, -0.1) is 0 Å². The van der Waals surface area contributed by atoms with Gasteiger partial charge in [0.05, 0.1) is 0 Å². The first kappa shape index (κ1) is 28.3. The topological polar surface area (TPSA) is 0 Å². The Kier molecular flexibility index (Phi) is 10.2. The summed E-state index contributed by atoms with van der Waals surface area (Å²) in [5.41, 5.74) is 3.73. The first-order valence-electron chi connectivity index (χ1n) is 15.6. The van der Waals surface area contributed by atoms with E-state index in [1.807, 2.05) is 12.1 Å². The van der Waals surface area contributed by atoms with Gasteiger partial charge < -0.3 is 0 Å². The molecule has 3 aliphatic rings. The minimum Gasteiger partial charge on any atom is -0.239 e. The predicted molar refractivity (Wildman–Crippen MR) is 155 cm³/mol. The molecule has 0 saturated heterocycles. The molecule has 3 aliphatic carbocycles. The van der Waals surface area contributed by atoms with Crippen LogP contribution in [0.3, 0.4) is 0 Å². The molecule has 0 amide bonds. The van der Waals surface area contributed by atoms with Crippen molar-refractivity contribution in [1.29, 1.82) is 0 Å². The minimum absolute atomic E-state index is 0.136. The van der Waals surface area contributed by atoms with Crippen LogP contribution in [0, 0.1) is 17.7 Å². The van der Waals surface area contributed by atoms with Crippen molar-refractivity contribution in [2.24, 2.45) is 11.8 Å². The lowest BCUT2D eigenvalue weighted by Gasteiger charge is -2.32. The average molecular weight is 509 g/mol. The number of unbranched alkanes of at least 4 members (excludes halogenated alkanes) is 2. The molecule has 0 aromatic heterocycles. The predicted octanol–water partition coefficient (Wildman–Crippen LogP) is 11.4. The molecule has 204 valence electrons. The zero-order valence-electron chi connectivity index (χ0n) is 23.8. The number of hydrogen-bond acceptors (Lipinski definition) is 0. The normalized spacial score (nSPS) is 28.5. The number of hydrogen-bond donors (Lipinski definition) is 0. The third-order valence-electron chi connectivity index (χ3n) is 9.44. The highest BCUT2D eigenvalue weighted by atomic mass is 19.1. The van der Waals surface area contributed by atoms with E-state index in [0.29, 0.717) is 24.3 Å². The van der Waals surface area contributed by atoms with Crippen LogP contribution in [-0.2, 0) is 0 Å². The Morgan fingerprint density at radius 2 is 1.65 bits per heavy atom. The van der Waals surface area contributed by atoms with E-state index in [4.69, 9.17) is 0 Å². The second-order valence-corrected chi connectivity index (χ2v) is 12.3. The van der Waals surface area contributed by atoms with E-state index in [-0.39, 0.29) is 5.82 Å². The summed E-state index contributed by atoms with van der Waals surface area (Å²) in [5, 5.41) is 0. The second kappa shape index (κ2) is 13.4. The van der Waals surface area contributed by atoms with Crippen molar-refractivity contribution >= 4 is 5.57 Å². The minimum atomic E-state index is -1.32. The molecule has 1 aromatic carbocycles. The van der Waals surface area contributed by atoms with Crippen molar-refractivity contribution in [2.75, 3.05) is 0 Å². The zero-order valence-corrected chi connectivity index (χ0v) is 23.8. The van der Waals surface area contributed by atoms with Crippen LogP contribution < -0.4 is 0 Å². The van der Waals surface area contributed by atoms with Gasteiger partial charge in [-0.05, 0) is 110 Å². The van der Waals surface area contributed by atoms with E-state index >= 15 is 8.78 Å². The summed E-state index contributed by atoms with van der Waals surface area (Å²) in [6.45, 7) is 6.69. The van der Waals surface area contributed by atoms with Gasteiger partial charge in [-0.25, -0.2) is 8.78 Å². The van der Waals surface area contributed by atoms with Gasteiger partial charge in [0.2, 0.25) is 0 Å². The van der Waals surface area contributed by atoms with Crippen molar-refractivity contribution in [3.8, 4) is 0 Å². The van der Waals surface area contributed by atoms with E-state index in [1.54, 1.807) is 12.1 Å². The maximum Gasteiger partial charge on any atom is 0.133 e. The molecule has 2 atom stereocenters. The Hall–Kier alpha value is -1.70. The molecule has 1 fully saturated rings. The molecule has 0 N–H and O–H groups in total. The molecule has 4 rings (SSSR count). The number of allylic oxidation sites excluding steroid dienone is 6. The third kappa shape index (κ3) is 7.24. The Labute approximate surface area is 225 Å². The van der Waals surface area contributed by atoms with Gasteiger partial charge >= 0.3 is 0 Å². The van der Waals surface area contributed by atoms with Crippen LogP contribution >= 0.6 is 0 Å². The van der Waals surface area contributed by atoms with Gasteiger partial charge in [0, 0.05) is 12.0 Å². The molecule has 0 nitrogen and oxygen atoms in total. The third-order valence-corrected chi connectivity index (χ3v) is 9.44. The van der Waals surface area contributed by atoms with Crippen LogP contribution in [0.25, 0.3) is 5.57 Å². The van der Waals surface area contributed by atoms with Crippen molar-refractivity contribution < 1.29 is 8.78 Å². The fourth-order valence-corrected chi connectivity index (χ4v) is 7.19. The fourth-order valence-electron chi connectivity index (χ4n) is 7.19. The molecule has 1 aromatic rings. The molecule has 0 aliphatic heterocycles. The maximum absolute atomic E-state index is 16.0. The van der Waals surface area contributed by atoms with Gasteiger partial charge in [0.1, 0.15) is 11.5 Å². The van der Waals surface area contributed by atoms with Crippen LogP contribution in [0.4, 0.5) is 8.78 Å². The van der Waals surface area contributed by atoms with Crippen molar-refractivity contribution in [3.63, 3.8) is 0 Å². The Balaban J connectivity index is 1.59. The first-order chi connectivity index (χ1) is 18.0. The highest BCUT2D eigenvalue weighted by Crippen LogP contribution is 2.45. The molecule has 0 bridgehead atoms. The molecule has 2 unspecified atom stereocenters. The molecule has 0 heterocycles. The number of benzene rings is 1. The van der Waals surface area contributed by atoms with E-state index in [0.717, 1.165) is 67.1 Å². The fraction of sp³-hybridized carbons (Fsp3) is 0.657. The lowest BCUT2D eigenvalue weighted by atomic mass is 9.75. The van der Waals surface area contributed by atoms with E-state index < -0.39 is 5.67 Å². The highest BCUT2D eigenvalue weighted by molar-refractivity contribution is 5.82. The van der Waals surface area contributed by atoms with Crippen LogP contribution in [0.1, 0.15) is 141 Å². The van der Waals surface area contributed by atoms with Crippen molar-refractivity contribution in [2.45, 2.75) is 135 Å². The molecule has 0 radical (unpaired) electrons. The SMILES string of the molecule is CCCCCC1(F)C=CC(c2ccc(C3CCC(CCC)CC3)cc2F)=C(C2=CCC(CCC)CC2)C1. The zero-order chi connectivity index (χ0) is 26.3. The second-order valence-electron chi connectivity index (χ2n) is 12.3. The van der Waals surface area contributed by atoms with Gasteiger partial charge in [-0.3, -0.25) is 0 Å². The Bertz CT molecular complexity index is 975. The smallest absolute Gasteiger partial charge is 0.133 e. The van der Waals surface area contributed by atoms with Crippen LogP contribution in [0.5, 0.6) is 0 Å². The number of halogens is 2. The van der Waals surface area contributed by atoms with Gasteiger partial charge in [0.25, 0.3) is 0 Å². The molecule has 1 saturated carbocycles. The summed E-state index contributed by atoms with van der Waals surface area (Å²) < 4.78 is 31.8. The largest absolute Gasteiger partial charge is 0.239 e. The quantitative estimate of drug-likeness (QED) is 0.261. The van der Waals surface area contributed by atoms with Crippen LogP contribution in [0.2, 0.25) is 0 Å². The molecule has 2 heteroatoms. The lowest BCUT2D eigenvalue weighted by Crippen LogP contribution is -2.25. The first-order valence-corrected chi connectivity index (χ1v) is 15.6. The summed E-state index contributed by atoms with van der Waals surface area (Å²) in [6, 6.07) is 5.95. The molecular weight excluding hydrogens is 458 g/mol. The maximum atomic E-state index is 16.0. The van der Waals surface area contributed by atoms with Crippen LogP contribution in [0.15, 0.2) is 47.6 Å².